The molecule has 4 aromatic rings. The van der Waals surface area contributed by atoms with Gasteiger partial charge in [-0.05, 0) is 95.2 Å². The van der Waals surface area contributed by atoms with E-state index in [9.17, 15) is 0 Å². The molecule has 0 aliphatic heterocycles. The molecular formula is C36H30S. The number of allylic oxidation sites excluding steroid dienone is 7. The van der Waals surface area contributed by atoms with Crippen molar-refractivity contribution in [3.05, 3.63) is 118 Å². The van der Waals surface area contributed by atoms with E-state index in [0.717, 1.165) is 6.42 Å². The molecule has 2 unspecified atom stereocenters. The van der Waals surface area contributed by atoms with Crippen LogP contribution in [0.1, 0.15) is 59.6 Å². The van der Waals surface area contributed by atoms with Gasteiger partial charge in [0.2, 0.25) is 0 Å². The molecule has 37 heavy (non-hydrogen) atoms. The smallest absolute Gasteiger partial charge is 0.0430 e. The molecule has 180 valence electrons. The summed E-state index contributed by atoms with van der Waals surface area (Å²) in [7, 11) is 0. The van der Waals surface area contributed by atoms with Crippen LogP contribution in [-0.2, 0) is 6.42 Å². The predicted molar refractivity (Wildman–Crippen MR) is 160 cm³/mol. The van der Waals surface area contributed by atoms with Crippen LogP contribution in [0.3, 0.4) is 0 Å². The van der Waals surface area contributed by atoms with Gasteiger partial charge in [0.25, 0.3) is 0 Å². The Balaban J connectivity index is 1.24. The molecular weight excluding hydrogens is 464 g/mol. The minimum atomic E-state index is 0.494. The molecule has 4 aliphatic carbocycles. The van der Waals surface area contributed by atoms with Crippen LogP contribution < -0.4 is 0 Å². The Labute approximate surface area is 223 Å². The van der Waals surface area contributed by atoms with Crippen molar-refractivity contribution >= 4 is 33.1 Å². The number of benzene rings is 3. The predicted octanol–water partition coefficient (Wildman–Crippen LogP) is 10.4. The lowest BCUT2D eigenvalue weighted by atomic mass is 9.66. The molecule has 2 atom stereocenters. The Hall–Kier alpha value is -3.42. The molecule has 3 aromatic carbocycles. The summed E-state index contributed by atoms with van der Waals surface area (Å²) in [6.07, 6.45) is 21.5. The number of aryl methyl sites for hydroxylation is 1. The van der Waals surface area contributed by atoms with Crippen molar-refractivity contribution in [2.24, 2.45) is 5.92 Å². The van der Waals surface area contributed by atoms with Gasteiger partial charge in [-0.25, -0.2) is 0 Å². The van der Waals surface area contributed by atoms with Gasteiger partial charge in [-0.2, -0.15) is 0 Å². The highest BCUT2D eigenvalue weighted by molar-refractivity contribution is 7.20. The maximum atomic E-state index is 2.51. The molecule has 0 nitrogen and oxygen atoms in total. The van der Waals surface area contributed by atoms with Crippen molar-refractivity contribution < 1.29 is 0 Å². The van der Waals surface area contributed by atoms with Gasteiger partial charge >= 0.3 is 0 Å². The van der Waals surface area contributed by atoms with E-state index in [1.165, 1.54) is 86.0 Å². The third-order valence-electron chi connectivity index (χ3n) is 8.95. The van der Waals surface area contributed by atoms with E-state index in [0.29, 0.717) is 11.8 Å². The zero-order valence-corrected chi connectivity index (χ0v) is 21.9. The molecule has 0 saturated heterocycles. The second-order valence-electron chi connectivity index (χ2n) is 11.0. The summed E-state index contributed by atoms with van der Waals surface area (Å²) in [5, 5.41) is 1.41. The third-order valence-corrected chi connectivity index (χ3v) is 10.3. The molecule has 0 saturated carbocycles. The van der Waals surface area contributed by atoms with Gasteiger partial charge in [-0.3, -0.25) is 0 Å². The van der Waals surface area contributed by atoms with Gasteiger partial charge in [-0.1, -0.05) is 90.6 Å². The molecule has 0 spiro atoms. The van der Waals surface area contributed by atoms with Crippen LogP contribution in [0.25, 0.3) is 44.0 Å². The molecule has 4 aliphatic rings. The van der Waals surface area contributed by atoms with Gasteiger partial charge in [0.15, 0.2) is 0 Å². The first-order valence-corrected chi connectivity index (χ1v) is 14.7. The Morgan fingerprint density at radius 2 is 1.54 bits per heavy atom. The lowest BCUT2D eigenvalue weighted by molar-refractivity contribution is 0.575. The third kappa shape index (κ3) is 3.41. The van der Waals surface area contributed by atoms with Gasteiger partial charge < -0.3 is 0 Å². The van der Waals surface area contributed by atoms with Crippen LogP contribution in [0.15, 0.2) is 96.6 Å². The average molecular weight is 495 g/mol. The second kappa shape index (κ2) is 8.57. The molecule has 0 N–H and O–H groups in total. The monoisotopic (exact) mass is 494 g/mol. The van der Waals surface area contributed by atoms with E-state index in [4.69, 9.17) is 0 Å². The summed E-state index contributed by atoms with van der Waals surface area (Å²) >= 11 is 2.00. The Morgan fingerprint density at radius 1 is 0.703 bits per heavy atom. The highest BCUT2D eigenvalue weighted by Gasteiger charge is 2.34. The van der Waals surface area contributed by atoms with Crippen molar-refractivity contribution in [3.8, 4) is 22.3 Å². The van der Waals surface area contributed by atoms with Gasteiger partial charge in [-0.15, -0.1) is 11.3 Å². The minimum Gasteiger partial charge on any atom is -0.139 e. The van der Waals surface area contributed by atoms with Crippen LogP contribution in [0.4, 0.5) is 0 Å². The lowest BCUT2D eigenvalue weighted by Gasteiger charge is -2.38. The SMILES string of the molecule is C1=CC2C3=C(CCCC3)c3cc(-c4cccc(-c5cccc6c7c(sc56)CCC=C7)c4)ccc3C2C=C1. The van der Waals surface area contributed by atoms with E-state index in [-0.39, 0.29) is 0 Å². The fourth-order valence-electron chi connectivity index (χ4n) is 7.19. The summed E-state index contributed by atoms with van der Waals surface area (Å²) < 4.78 is 1.43. The van der Waals surface area contributed by atoms with Crippen LogP contribution in [0, 0.1) is 5.92 Å². The standard InChI is InChI=1S/C36H30S/c1-2-13-29-27(11-1)28-12-3-4-14-30(28)34-22-24(19-20-31(29)34)23-9-7-10-25(21-23)26-16-8-17-33-32-15-5-6-18-35(32)37-36(26)33/h1-2,5,7-11,13,15-17,19-22,27,29H,3-4,6,12,14,18H2. The molecule has 0 bridgehead atoms. The quantitative estimate of drug-likeness (QED) is 0.260. The summed E-state index contributed by atoms with van der Waals surface area (Å²) in [5.41, 5.74) is 13.2. The fraction of sp³-hybridized carbons (Fsp3) is 0.222. The normalized spacial score (nSPS) is 21.5. The minimum absolute atomic E-state index is 0.494. The molecule has 8 rings (SSSR count). The topological polar surface area (TPSA) is 0 Å². The van der Waals surface area contributed by atoms with E-state index >= 15 is 0 Å². The van der Waals surface area contributed by atoms with Gasteiger partial charge in [0.05, 0.1) is 0 Å². The second-order valence-corrected chi connectivity index (χ2v) is 12.1. The number of hydrogen-bond acceptors (Lipinski definition) is 1. The number of rotatable bonds is 2. The fourth-order valence-corrected chi connectivity index (χ4v) is 8.53. The van der Waals surface area contributed by atoms with Crippen molar-refractivity contribution in [3.63, 3.8) is 0 Å². The summed E-state index contributed by atoms with van der Waals surface area (Å²) in [4.78, 5) is 1.54. The molecule has 1 heteroatoms. The van der Waals surface area contributed by atoms with Crippen molar-refractivity contribution in [2.45, 2.75) is 44.4 Å². The first kappa shape index (κ1) is 21.6. The molecule has 1 aromatic heterocycles. The lowest BCUT2D eigenvalue weighted by Crippen LogP contribution is -2.22. The summed E-state index contributed by atoms with van der Waals surface area (Å²) in [6, 6.07) is 23.4. The van der Waals surface area contributed by atoms with Gasteiger partial charge in [0, 0.05) is 26.8 Å². The Kier molecular flexibility index (Phi) is 5.01. The highest BCUT2D eigenvalue weighted by Crippen LogP contribution is 2.51. The highest BCUT2D eigenvalue weighted by atomic mass is 32.1. The van der Waals surface area contributed by atoms with Crippen molar-refractivity contribution in [2.75, 3.05) is 0 Å². The molecule has 1 heterocycles. The zero-order chi connectivity index (χ0) is 24.3. The summed E-state index contributed by atoms with van der Waals surface area (Å²) in [5.74, 6) is 1.06. The van der Waals surface area contributed by atoms with E-state index < -0.39 is 0 Å². The largest absolute Gasteiger partial charge is 0.139 e. The Bertz CT molecular complexity index is 1690. The van der Waals surface area contributed by atoms with Crippen LogP contribution >= 0.6 is 11.3 Å². The van der Waals surface area contributed by atoms with Gasteiger partial charge in [0.1, 0.15) is 0 Å². The maximum absolute atomic E-state index is 2.51. The van der Waals surface area contributed by atoms with E-state index in [2.05, 4.69) is 97.1 Å². The molecule has 0 amide bonds. The first-order valence-electron chi connectivity index (χ1n) is 13.9. The number of fused-ring (bicyclic) bond motifs is 8. The molecule has 0 fully saturated rings. The summed E-state index contributed by atoms with van der Waals surface area (Å²) in [6.45, 7) is 0. The zero-order valence-electron chi connectivity index (χ0n) is 21.0. The number of thiophene rings is 1. The average Bonchev–Trinajstić information content (AvgIpc) is 3.36. The first-order chi connectivity index (χ1) is 18.3. The maximum Gasteiger partial charge on any atom is 0.0430 e. The number of hydrogen-bond donors (Lipinski definition) is 0. The van der Waals surface area contributed by atoms with Crippen molar-refractivity contribution in [1.29, 1.82) is 0 Å². The van der Waals surface area contributed by atoms with Crippen molar-refractivity contribution in [1.82, 2.24) is 0 Å². The van der Waals surface area contributed by atoms with E-state index in [1.54, 1.807) is 11.1 Å². The Morgan fingerprint density at radius 3 is 2.51 bits per heavy atom. The van der Waals surface area contributed by atoms with E-state index in [1.807, 2.05) is 11.3 Å². The van der Waals surface area contributed by atoms with Crippen LogP contribution in [0.2, 0.25) is 0 Å². The van der Waals surface area contributed by atoms with Crippen LogP contribution in [-0.4, -0.2) is 0 Å². The van der Waals surface area contributed by atoms with Crippen LogP contribution in [0.5, 0.6) is 0 Å². The molecule has 0 radical (unpaired) electrons.